The van der Waals surface area contributed by atoms with Crippen LogP contribution >= 0.6 is 11.8 Å². The van der Waals surface area contributed by atoms with E-state index in [0.717, 1.165) is 16.5 Å². The third-order valence-corrected chi connectivity index (χ3v) is 4.61. The normalized spacial score (nSPS) is 12.4. The van der Waals surface area contributed by atoms with Gasteiger partial charge in [0.2, 0.25) is 0 Å². The number of hydrogen-bond donors (Lipinski definition) is 1. The standard InChI is InChI=1S/C17H21F5N2S/c18-6-1-8-24(9-2-7-19)10-5-13-12-23-16-4-3-14(11-15(13)16)25-17(20,21)22/h3-4,11-12,23H,1-2,5-10H2. The summed E-state index contributed by atoms with van der Waals surface area (Å²) in [6.07, 6.45) is 3.19. The van der Waals surface area contributed by atoms with Crippen molar-refractivity contribution < 1.29 is 22.0 Å². The Labute approximate surface area is 147 Å². The highest BCUT2D eigenvalue weighted by Gasteiger charge is 2.29. The van der Waals surface area contributed by atoms with E-state index in [4.69, 9.17) is 0 Å². The van der Waals surface area contributed by atoms with Gasteiger partial charge in [-0.2, -0.15) is 13.2 Å². The van der Waals surface area contributed by atoms with Crippen LogP contribution in [-0.4, -0.2) is 48.4 Å². The minimum Gasteiger partial charge on any atom is -0.361 e. The Morgan fingerprint density at radius 2 is 1.68 bits per heavy atom. The van der Waals surface area contributed by atoms with Crippen molar-refractivity contribution in [2.24, 2.45) is 0 Å². The molecule has 25 heavy (non-hydrogen) atoms. The quantitative estimate of drug-likeness (QED) is 0.443. The fourth-order valence-corrected chi connectivity index (χ4v) is 3.32. The van der Waals surface area contributed by atoms with Gasteiger partial charge in [0, 0.05) is 41.6 Å². The summed E-state index contributed by atoms with van der Waals surface area (Å²) in [5.74, 6) is 0. The molecular weight excluding hydrogens is 359 g/mol. The predicted octanol–water partition coefficient (Wildman–Crippen LogP) is 5.34. The molecule has 1 heterocycles. The second-order valence-corrected chi connectivity index (χ2v) is 6.88. The van der Waals surface area contributed by atoms with Crippen LogP contribution in [0.25, 0.3) is 10.9 Å². The fourth-order valence-electron chi connectivity index (χ4n) is 2.74. The highest BCUT2D eigenvalue weighted by Crippen LogP contribution is 2.38. The predicted molar refractivity (Wildman–Crippen MR) is 91.5 cm³/mol. The average Bonchev–Trinajstić information content (AvgIpc) is 2.95. The van der Waals surface area contributed by atoms with Gasteiger partial charge in [-0.3, -0.25) is 8.78 Å². The number of H-pyrrole nitrogens is 1. The van der Waals surface area contributed by atoms with Gasteiger partial charge in [0.25, 0.3) is 0 Å². The summed E-state index contributed by atoms with van der Waals surface area (Å²) in [5, 5.41) is 0.755. The molecule has 0 saturated heterocycles. The first kappa shape index (κ1) is 20.0. The average molecular weight is 380 g/mol. The maximum absolute atomic E-state index is 12.5. The highest BCUT2D eigenvalue weighted by atomic mass is 32.2. The van der Waals surface area contributed by atoms with Gasteiger partial charge >= 0.3 is 5.51 Å². The Kier molecular flexibility index (Phi) is 7.56. The molecular formula is C17H21F5N2S. The molecule has 0 amide bonds. The molecule has 1 aromatic heterocycles. The van der Waals surface area contributed by atoms with Crippen molar-refractivity contribution in [3.8, 4) is 0 Å². The van der Waals surface area contributed by atoms with E-state index in [2.05, 4.69) is 4.98 Å². The number of alkyl halides is 5. The molecule has 8 heteroatoms. The lowest BCUT2D eigenvalue weighted by Crippen LogP contribution is -2.29. The maximum atomic E-state index is 12.5. The molecule has 0 unspecified atom stereocenters. The lowest BCUT2D eigenvalue weighted by molar-refractivity contribution is -0.0328. The molecule has 140 valence electrons. The van der Waals surface area contributed by atoms with Crippen LogP contribution in [0.3, 0.4) is 0 Å². The van der Waals surface area contributed by atoms with E-state index in [0.29, 0.717) is 38.9 Å². The topological polar surface area (TPSA) is 19.0 Å². The molecule has 1 N–H and O–H groups in total. The van der Waals surface area contributed by atoms with Crippen molar-refractivity contribution in [3.63, 3.8) is 0 Å². The number of fused-ring (bicyclic) bond motifs is 1. The zero-order valence-electron chi connectivity index (χ0n) is 13.7. The second-order valence-electron chi connectivity index (χ2n) is 5.75. The lowest BCUT2D eigenvalue weighted by atomic mass is 10.1. The molecule has 0 bridgehead atoms. The molecule has 0 aliphatic rings. The minimum atomic E-state index is -4.32. The van der Waals surface area contributed by atoms with Gasteiger partial charge in [0.15, 0.2) is 0 Å². The van der Waals surface area contributed by atoms with Crippen LogP contribution in [0.2, 0.25) is 0 Å². The molecule has 0 spiro atoms. The van der Waals surface area contributed by atoms with Crippen LogP contribution in [0, 0.1) is 0 Å². The van der Waals surface area contributed by atoms with E-state index in [-0.39, 0.29) is 16.7 Å². The van der Waals surface area contributed by atoms with E-state index in [1.165, 1.54) is 12.1 Å². The summed E-state index contributed by atoms with van der Waals surface area (Å²) >= 11 is -0.133. The van der Waals surface area contributed by atoms with E-state index in [1.54, 1.807) is 12.3 Å². The molecule has 0 radical (unpaired) electrons. The molecule has 2 rings (SSSR count). The Balaban J connectivity index is 2.07. The van der Waals surface area contributed by atoms with Crippen LogP contribution in [0.4, 0.5) is 22.0 Å². The van der Waals surface area contributed by atoms with Gasteiger partial charge in [-0.05, 0) is 54.8 Å². The number of nitrogens with zero attached hydrogens (tertiary/aromatic N) is 1. The van der Waals surface area contributed by atoms with Crippen molar-refractivity contribution in [1.29, 1.82) is 0 Å². The molecule has 0 atom stereocenters. The van der Waals surface area contributed by atoms with Gasteiger partial charge in [0.05, 0.1) is 13.3 Å². The SMILES string of the molecule is FCCCN(CCCF)CCc1c[nH]c2ccc(SC(F)(F)F)cc12. The summed E-state index contributed by atoms with van der Waals surface area (Å²) in [5.41, 5.74) is -2.63. The van der Waals surface area contributed by atoms with Crippen LogP contribution in [-0.2, 0) is 6.42 Å². The molecule has 0 aliphatic carbocycles. The Hall–Kier alpha value is -1.28. The van der Waals surface area contributed by atoms with Crippen LogP contribution in [0.5, 0.6) is 0 Å². The van der Waals surface area contributed by atoms with Gasteiger partial charge < -0.3 is 9.88 Å². The highest BCUT2D eigenvalue weighted by molar-refractivity contribution is 8.00. The lowest BCUT2D eigenvalue weighted by Gasteiger charge is -2.21. The van der Waals surface area contributed by atoms with Gasteiger partial charge in [-0.15, -0.1) is 0 Å². The Morgan fingerprint density at radius 1 is 1.00 bits per heavy atom. The maximum Gasteiger partial charge on any atom is 0.446 e. The Morgan fingerprint density at radius 3 is 2.28 bits per heavy atom. The third kappa shape index (κ3) is 6.51. The van der Waals surface area contributed by atoms with Crippen LogP contribution < -0.4 is 0 Å². The summed E-state index contributed by atoms with van der Waals surface area (Å²) < 4.78 is 62.4. The summed E-state index contributed by atoms with van der Waals surface area (Å²) in [4.78, 5) is 5.20. The van der Waals surface area contributed by atoms with Crippen molar-refractivity contribution in [2.45, 2.75) is 29.7 Å². The molecule has 0 saturated carbocycles. The number of aromatic amines is 1. The minimum absolute atomic E-state index is 0.133. The molecule has 0 fully saturated rings. The van der Waals surface area contributed by atoms with Gasteiger partial charge in [-0.1, -0.05) is 0 Å². The number of halogens is 5. The van der Waals surface area contributed by atoms with Crippen LogP contribution in [0.1, 0.15) is 18.4 Å². The second kappa shape index (κ2) is 9.43. The monoisotopic (exact) mass is 380 g/mol. The van der Waals surface area contributed by atoms with E-state index < -0.39 is 18.9 Å². The van der Waals surface area contributed by atoms with Gasteiger partial charge in [-0.25, -0.2) is 0 Å². The van der Waals surface area contributed by atoms with E-state index >= 15 is 0 Å². The number of rotatable bonds is 10. The van der Waals surface area contributed by atoms with Crippen molar-refractivity contribution >= 4 is 22.7 Å². The summed E-state index contributed by atoms with van der Waals surface area (Å²) in [6.45, 7) is 0.875. The van der Waals surface area contributed by atoms with Crippen LogP contribution in [0.15, 0.2) is 29.3 Å². The number of benzene rings is 1. The van der Waals surface area contributed by atoms with Crippen molar-refractivity contribution in [2.75, 3.05) is 33.0 Å². The van der Waals surface area contributed by atoms with E-state index in [1.807, 2.05) is 4.90 Å². The van der Waals surface area contributed by atoms with Crippen molar-refractivity contribution in [1.82, 2.24) is 9.88 Å². The zero-order valence-corrected chi connectivity index (χ0v) is 14.5. The van der Waals surface area contributed by atoms with E-state index in [9.17, 15) is 22.0 Å². The van der Waals surface area contributed by atoms with Crippen molar-refractivity contribution in [3.05, 3.63) is 30.0 Å². The smallest absolute Gasteiger partial charge is 0.361 e. The number of thioether (sulfide) groups is 1. The first-order valence-corrected chi connectivity index (χ1v) is 8.94. The summed E-state index contributed by atoms with van der Waals surface area (Å²) in [7, 11) is 0. The third-order valence-electron chi connectivity index (χ3n) is 3.89. The molecule has 2 aromatic rings. The molecule has 0 aliphatic heterocycles. The Bertz CT molecular complexity index is 648. The first-order chi connectivity index (χ1) is 11.9. The number of hydrogen-bond acceptors (Lipinski definition) is 2. The summed E-state index contributed by atoms with van der Waals surface area (Å²) in [6, 6.07) is 4.61. The molecule has 1 aromatic carbocycles. The zero-order chi connectivity index (χ0) is 18.3. The largest absolute Gasteiger partial charge is 0.446 e. The fraction of sp³-hybridized carbons (Fsp3) is 0.529. The first-order valence-electron chi connectivity index (χ1n) is 8.13. The number of nitrogens with one attached hydrogen (secondary N) is 1. The van der Waals surface area contributed by atoms with Gasteiger partial charge in [0.1, 0.15) is 0 Å². The molecule has 2 nitrogen and oxygen atoms in total. The number of aromatic nitrogens is 1.